The Labute approximate surface area is 62.0 Å². The Morgan fingerprint density at radius 1 is 1.40 bits per heavy atom. The Morgan fingerprint density at radius 3 is 2.60 bits per heavy atom. The van der Waals surface area contributed by atoms with Gasteiger partial charge in [-0.25, -0.2) is 0 Å². The Hall–Kier alpha value is -0.550. The molecular weight excluding hydrogens is 124 g/mol. The van der Waals surface area contributed by atoms with Crippen LogP contribution >= 0.6 is 0 Å². The second-order valence-corrected chi connectivity index (χ2v) is 3.40. The van der Waals surface area contributed by atoms with Crippen LogP contribution in [-0.2, 0) is 0 Å². The molecule has 2 N–H and O–H groups in total. The van der Waals surface area contributed by atoms with Gasteiger partial charge in [0.15, 0.2) is 0 Å². The van der Waals surface area contributed by atoms with Gasteiger partial charge in [-0.15, -0.1) is 0 Å². The number of nitrogens with zero attached hydrogens (tertiary/aromatic N) is 1. The van der Waals surface area contributed by atoms with E-state index in [9.17, 15) is 0 Å². The SMILES string of the molecule is CC1CC(N)CC(C#N)C1. The Bertz CT molecular complexity index is 138. The maximum Gasteiger partial charge on any atom is 0.0656 e. The molecule has 3 atom stereocenters. The average molecular weight is 138 g/mol. The first kappa shape index (κ1) is 7.56. The summed E-state index contributed by atoms with van der Waals surface area (Å²) in [6.07, 6.45) is 3.04. The van der Waals surface area contributed by atoms with Crippen molar-refractivity contribution in [2.75, 3.05) is 0 Å². The molecule has 0 saturated heterocycles. The van der Waals surface area contributed by atoms with Crippen molar-refractivity contribution in [1.82, 2.24) is 0 Å². The van der Waals surface area contributed by atoms with Gasteiger partial charge in [-0.2, -0.15) is 5.26 Å². The maximum absolute atomic E-state index is 8.62. The Morgan fingerprint density at radius 2 is 2.10 bits per heavy atom. The fourth-order valence-electron chi connectivity index (χ4n) is 1.76. The highest BCUT2D eigenvalue weighted by molar-refractivity contribution is 4.90. The fourth-order valence-corrected chi connectivity index (χ4v) is 1.76. The predicted octanol–water partition coefficient (Wildman–Crippen LogP) is 1.27. The maximum atomic E-state index is 8.62. The van der Waals surface area contributed by atoms with Gasteiger partial charge in [0.25, 0.3) is 0 Å². The van der Waals surface area contributed by atoms with Gasteiger partial charge in [0, 0.05) is 12.0 Å². The smallest absolute Gasteiger partial charge is 0.0656 e. The van der Waals surface area contributed by atoms with Crippen LogP contribution in [0.25, 0.3) is 0 Å². The van der Waals surface area contributed by atoms with Crippen molar-refractivity contribution >= 4 is 0 Å². The standard InChI is InChI=1S/C8H14N2/c1-6-2-7(5-9)4-8(10)3-6/h6-8H,2-4,10H2,1H3. The van der Waals surface area contributed by atoms with Crippen LogP contribution in [0.5, 0.6) is 0 Å². The summed E-state index contributed by atoms with van der Waals surface area (Å²) in [5.74, 6) is 0.868. The predicted molar refractivity (Wildman–Crippen MR) is 40.1 cm³/mol. The topological polar surface area (TPSA) is 49.8 Å². The molecular formula is C8H14N2. The molecule has 10 heavy (non-hydrogen) atoms. The minimum Gasteiger partial charge on any atom is -0.328 e. The van der Waals surface area contributed by atoms with E-state index in [2.05, 4.69) is 13.0 Å². The number of nitriles is 1. The van der Waals surface area contributed by atoms with Crippen molar-refractivity contribution < 1.29 is 0 Å². The third-order valence-electron chi connectivity index (χ3n) is 2.16. The van der Waals surface area contributed by atoms with Gasteiger partial charge in [0.2, 0.25) is 0 Å². The summed E-state index contributed by atoms with van der Waals surface area (Å²) in [7, 11) is 0. The quantitative estimate of drug-likeness (QED) is 0.548. The lowest BCUT2D eigenvalue weighted by molar-refractivity contribution is 0.296. The molecule has 0 spiro atoms. The summed E-state index contributed by atoms with van der Waals surface area (Å²) in [5, 5.41) is 8.62. The van der Waals surface area contributed by atoms with E-state index in [0.717, 1.165) is 19.3 Å². The van der Waals surface area contributed by atoms with Crippen molar-refractivity contribution in [2.24, 2.45) is 17.6 Å². The lowest BCUT2D eigenvalue weighted by Crippen LogP contribution is -2.31. The van der Waals surface area contributed by atoms with E-state index in [-0.39, 0.29) is 12.0 Å². The molecule has 0 aromatic rings. The van der Waals surface area contributed by atoms with Gasteiger partial charge < -0.3 is 5.73 Å². The Kier molecular flexibility index (Phi) is 2.29. The van der Waals surface area contributed by atoms with Crippen LogP contribution in [0.15, 0.2) is 0 Å². The molecule has 0 amide bonds. The lowest BCUT2D eigenvalue weighted by Gasteiger charge is -2.26. The molecule has 0 radical (unpaired) electrons. The highest BCUT2D eigenvalue weighted by Gasteiger charge is 2.23. The fraction of sp³-hybridized carbons (Fsp3) is 0.875. The van der Waals surface area contributed by atoms with E-state index in [1.54, 1.807) is 0 Å². The third kappa shape index (κ3) is 1.71. The van der Waals surface area contributed by atoms with Crippen LogP contribution in [0.1, 0.15) is 26.2 Å². The monoisotopic (exact) mass is 138 g/mol. The second-order valence-electron chi connectivity index (χ2n) is 3.40. The minimum atomic E-state index is 0.221. The summed E-state index contributed by atoms with van der Waals surface area (Å²) in [5.41, 5.74) is 5.74. The molecule has 56 valence electrons. The first-order valence-electron chi connectivity index (χ1n) is 3.87. The van der Waals surface area contributed by atoms with E-state index in [1.807, 2.05) is 0 Å². The van der Waals surface area contributed by atoms with Crippen molar-refractivity contribution in [2.45, 2.75) is 32.2 Å². The largest absolute Gasteiger partial charge is 0.328 e. The molecule has 0 aromatic carbocycles. The molecule has 0 heterocycles. The molecule has 3 unspecified atom stereocenters. The number of nitrogens with two attached hydrogens (primary N) is 1. The van der Waals surface area contributed by atoms with Crippen molar-refractivity contribution in [3.05, 3.63) is 0 Å². The van der Waals surface area contributed by atoms with E-state index in [0.29, 0.717) is 5.92 Å². The first-order chi connectivity index (χ1) is 4.72. The van der Waals surface area contributed by atoms with E-state index >= 15 is 0 Å². The zero-order valence-corrected chi connectivity index (χ0v) is 6.38. The van der Waals surface area contributed by atoms with Crippen LogP contribution in [0.4, 0.5) is 0 Å². The molecule has 1 saturated carbocycles. The highest BCUT2D eigenvalue weighted by Crippen LogP contribution is 2.26. The average Bonchev–Trinajstić information content (AvgIpc) is 1.85. The van der Waals surface area contributed by atoms with E-state index < -0.39 is 0 Å². The second kappa shape index (κ2) is 3.03. The number of hydrogen-bond donors (Lipinski definition) is 1. The zero-order valence-electron chi connectivity index (χ0n) is 6.38. The van der Waals surface area contributed by atoms with Gasteiger partial charge in [-0.3, -0.25) is 0 Å². The van der Waals surface area contributed by atoms with Crippen LogP contribution in [0, 0.1) is 23.2 Å². The molecule has 2 heteroatoms. The number of hydrogen-bond acceptors (Lipinski definition) is 2. The summed E-state index contributed by atoms with van der Waals surface area (Å²) in [4.78, 5) is 0. The third-order valence-corrected chi connectivity index (χ3v) is 2.16. The molecule has 1 aliphatic carbocycles. The molecule has 0 aliphatic heterocycles. The van der Waals surface area contributed by atoms with Gasteiger partial charge in [-0.1, -0.05) is 6.92 Å². The van der Waals surface area contributed by atoms with Gasteiger partial charge in [-0.05, 0) is 25.2 Å². The summed E-state index contributed by atoms with van der Waals surface area (Å²) >= 11 is 0. The zero-order chi connectivity index (χ0) is 7.56. The molecule has 1 fully saturated rings. The number of rotatable bonds is 0. The molecule has 0 aromatic heterocycles. The van der Waals surface area contributed by atoms with Gasteiger partial charge in [0.1, 0.15) is 0 Å². The molecule has 0 bridgehead atoms. The summed E-state index contributed by atoms with van der Waals surface area (Å²) in [6.45, 7) is 2.17. The minimum absolute atomic E-state index is 0.221. The highest BCUT2D eigenvalue weighted by atomic mass is 14.6. The van der Waals surface area contributed by atoms with Gasteiger partial charge in [0.05, 0.1) is 6.07 Å². The van der Waals surface area contributed by atoms with Crippen LogP contribution < -0.4 is 5.73 Å². The van der Waals surface area contributed by atoms with Crippen molar-refractivity contribution in [3.8, 4) is 6.07 Å². The molecule has 1 rings (SSSR count). The van der Waals surface area contributed by atoms with Gasteiger partial charge >= 0.3 is 0 Å². The lowest BCUT2D eigenvalue weighted by atomic mass is 9.81. The summed E-state index contributed by atoms with van der Waals surface area (Å²) in [6, 6.07) is 2.56. The Balaban J connectivity index is 2.44. The summed E-state index contributed by atoms with van der Waals surface area (Å²) < 4.78 is 0. The molecule has 1 aliphatic rings. The van der Waals surface area contributed by atoms with E-state index in [1.165, 1.54) is 0 Å². The normalized spacial score (nSPS) is 40.7. The van der Waals surface area contributed by atoms with Crippen LogP contribution in [-0.4, -0.2) is 6.04 Å². The van der Waals surface area contributed by atoms with Crippen molar-refractivity contribution in [1.29, 1.82) is 5.26 Å². The van der Waals surface area contributed by atoms with Crippen LogP contribution in [0.3, 0.4) is 0 Å². The first-order valence-corrected chi connectivity index (χ1v) is 3.87. The van der Waals surface area contributed by atoms with E-state index in [4.69, 9.17) is 11.0 Å². The van der Waals surface area contributed by atoms with Crippen LogP contribution in [0.2, 0.25) is 0 Å². The van der Waals surface area contributed by atoms with Crippen molar-refractivity contribution in [3.63, 3.8) is 0 Å². The molecule has 2 nitrogen and oxygen atoms in total.